The molecule has 0 heterocycles. The van der Waals surface area contributed by atoms with Crippen LogP contribution in [0.25, 0.3) is 0 Å². The van der Waals surface area contributed by atoms with Gasteiger partial charge in [0.2, 0.25) is 0 Å². The summed E-state index contributed by atoms with van der Waals surface area (Å²) in [4.78, 5) is 0. The molecule has 0 amide bonds. The normalized spacial score (nSPS) is 5.12. The van der Waals surface area contributed by atoms with Gasteiger partial charge in [0.25, 0.3) is 0 Å². The molecule has 40 valence electrons. The number of hydrogen-bond donors (Lipinski definition) is 1. The van der Waals surface area contributed by atoms with Gasteiger partial charge in [0, 0.05) is 0 Å². The second-order valence-electron chi connectivity index (χ2n) is 0.204. The number of halogens is 1. The second-order valence-corrected chi connectivity index (χ2v) is 0.612. The summed E-state index contributed by atoms with van der Waals surface area (Å²) in [6, 6.07) is 0. The van der Waals surface area contributed by atoms with Crippen LogP contribution in [0.2, 0.25) is 0 Å². The summed E-state index contributed by atoms with van der Waals surface area (Å²) in [7, 11) is 0. The maximum absolute atomic E-state index is 8.44. The number of hydrogen-bond acceptors (Lipinski definition) is 4. The van der Waals surface area contributed by atoms with Crippen molar-refractivity contribution in [2.75, 3.05) is 0 Å². The Hall–Kier alpha value is 2.32. The molecule has 0 radical (unpaired) electrons. The fourth-order valence-corrected chi connectivity index (χ4v) is 0. The summed E-state index contributed by atoms with van der Waals surface area (Å²) in [5, 5.41) is 0. The molecule has 0 aromatic rings. The van der Waals surface area contributed by atoms with Crippen LogP contribution >= 0.6 is 11.9 Å². The third-order valence-electron chi connectivity index (χ3n) is 0. The third kappa shape index (κ3) is 82.8. The van der Waals surface area contributed by atoms with Crippen LogP contribution in [-0.2, 0) is 11.4 Å². The molecule has 4 nitrogen and oxygen atoms in total. The Bertz CT molecular complexity index is 37.0. The van der Waals surface area contributed by atoms with Crippen molar-refractivity contribution in [3.05, 3.63) is 0 Å². The maximum atomic E-state index is 8.44. The standard InChI is InChI=1S/ClHO.2Na.H2O3S/c1-2;;;1-4(2)3/h2H;;;(H2,1,2,3)/q;2*+1;/p-2. The molecule has 0 spiro atoms. The van der Waals surface area contributed by atoms with Gasteiger partial charge in [-0.25, -0.2) is 0 Å². The Labute approximate surface area is 98.9 Å². The molecule has 0 aromatic heterocycles. The van der Waals surface area contributed by atoms with Gasteiger partial charge in [-0.05, 0) is 0 Å². The van der Waals surface area contributed by atoms with Crippen LogP contribution in [-0.4, -0.2) is 18.0 Å². The summed E-state index contributed by atoms with van der Waals surface area (Å²) in [6.07, 6.45) is 0. The summed E-state index contributed by atoms with van der Waals surface area (Å²) < 4.78 is 31.8. The zero-order valence-electron chi connectivity index (χ0n) is 4.46. The van der Waals surface area contributed by atoms with Crippen molar-refractivity contribution < 1.29 is 77.1 Å². The molecule has 0 atom stereocenters. The molecule has 8 heavy (non-hydrogen) atoms. The van der Waals surface area contributed by atoms with Crippen LogP contribution in [0.5, 0.6) is 0 Å². The average molecular weight is 179 g/mol. The first-order valence-electron chi connectivity index (χ1n) is 0.669. The molecule has 0 unspecified atom stereocenters. The Kier molecular flexibility index (Phi) is 63.9. The summed E-state index contributed by atoms with van der Waals surface area (Å²) in [5.41, 5.74) is 0. The van der Waals surface area contributed by atoms with Gasteiger partial charge in [-0.15, -0.1) is 11.4 Å². The Morgan fingerprint density at radius 1 is 1.25 bits per heavy atom. The summed E-state index contributed by atoms with van der Waals surface area (Å²) in [5.74, 6) is 0. The van der Waals surface area contributed by atoms with Crippen LogP contribution in [0.15, 0.2) is 0 Å². The van der Waals surface area contributed by atoms with E-state index >= 15 is 0 Å². The maximum Gasteiger partial charge on any atom is 1.00 e. The predicted octanol–water partition coefficient (Wildman–Crippen LogP) is -6.86. The fourth-order valence-electron chi connectivity index (χ4n) is 0. The van der Waals surface area contributed by atoms with Gasteiger partial charge in [0.15, 0.2) is 0 Å². The summed E-state index contributed by atoms with van der Waals surface area (Å²) >= 11 is 0.528. The first-order valence-corrected chi connectivity index (χ1v) is 2.01. The first kappa shape index (κ1) is 22.4. The van der Waals surface area contributed by atoms with Crippen molar-refractivity contribution in [3.63, 3.8) is 0 Å². The van der Waals surface area contributed by atoms with Crippen molar-refractivity contribution >= 4 is 23.2 Å². The molecular weight excluding hydrogens is 177 g/mol. The quantitative estimate of drug-likeness (QED) is 0.295. The van der Waals surface area contributed by atoms with Crippen molar-refractivity contribution in [3.8, 4) is 0 Å². The third-order valence-corrected chi connectivity index (χ3v) is 0. The van der Waals surface area contributed by atoms with Crippen LogP contribution in [0, 0.1) is 0 Å². The Balaban J connectivity index is -0.0000000183. The SMILES string of the molecule is O=S([O-])[O-].OCl.[Na+].[Na+]. The van der Waals surface area contributed by atoms with E-state index in [9.17, 15) is 0 Å². The van der Waals surface area contributed by atoms with Crippen molar-refractivity contribution in [1.29, 1.82) is 0 Å². The van der Waals surface area contributed by atoms with Crippen molar-refractivity contribution in [1.82, 2.24) is 0 Å². The zero-order chi connectivity index (χ0) is 5.58. The van der Waals surface area contributed by atoms with E-state index in [1.807, 2.05) is 0 Å². The largest absolute Gasteiger partial charge is 1.00 e. The average Bonchev–Trinajstić information content (AvgIpc) is 1.41. The van der Waals surface area contributed by atoms with Crippen molar-refractivity contribution in [2.24, 2.45) is 0 Å². The van der Waals surface area contributed by atoms with Gasteiger partial charge in [-0.3, -0.25) is 8.87 Å². The molecule has 0 aliphatic carbocycles. The van der Waals surface area contributed by atoms with Crippen molar-refractivity contribution in [2.45, 2.75) is 0 Å². The predicted molar refractivity (Wildman–Crippen MR) is 17.8 cm³/mol. The molecule has 0 aromatic carbocycles. The van der Waals surface area contributed by atoms with E-state index in [2.05, 4.69) is 11.9 Å². The molecule has 0 aliphatic heterocycles. The Morgan fingerprint density at radius 3 is 1.25 bits per heavy atom. The molecule has 0 saturated carbocycles. The van der Waals surface area contributed by atoms with Gasteiger partial charge in [0.1, 0.15) is 0 Å². The van der Waals surface area contributed by atoms with Gasteiger partial charge in [-0.2, -0.15) is 0 Å². The van der Waals surface area contributed by atoms with Crippen LogP contribution in [0.1, 0.15) is 0 Å². The molecule has 0 saturated heterocycles. The number of rotatable bonds is 0. The summed E-state index contributed by atoms with van der Waals surface area (Å²) in [6.45, 7) is 0. The van der Waals surface area contributed by atoms with E-state index < -0.39 is 11.4 Å². The van der Waals surface area contributed by atoms with Gasteiger partial charge in [0.05, 0.1) is 11.9 Å². The molecular formula is HClNa2O4S. The van der Waals surface area contributed by atoms with Crippen LogP contribution < -0.4 is 59.1 Å². The molecule has 1 N–H and O–H groups in total. The molecule has 8 heteroatoms. The van der Waals surface area contributed by atoms with Crippen LogP contribution in [0.3, 0.4) is 0 Å². The first-order chi connectivity index (χ1) is 2.73. The molecule has 0 fully saturated rings. The van der Waals surface area contributed by atoms with E-state index in [1.54, 1.807) is 0 Å². The Morgan fingerprint density at radius 2 is 1.25 bits per heavy atom. The zero-order valence-corrected chi connectivity index (χ0v) is 10.0. The second kappa shape index (κ2) is 22.8. The van der Waals surface area contributed by atoms with Gasteiger partial charge >= 0.3 is 59.1 Å². The fraction of sp³-hybridized carbons (Fsp3) is 0. The van der Waals surface area contributed by atoms with Gasteiger partial charge < -0.3 is 9.11 Å². The van der Waals surface area contributed by atoms with E-state index in [-0.39, 0.29) is 59.1 Å². The molecule has 0 bridgehead atoms. The van der Waals surface area contributed by atoms with E-state index in [0.717, 1.165) is 0 Å². The smallest absolute Gasteiger partial charge is 0.784 e. The van der Waals surface area contributed by atoms with E-state index in [1.165, 1.54) is 0 Å². The minimum absolute atomic E-state index is 0. The molecule has 0 aliphatic rings. The monoisotopic (exact) mass is 178 g/mol. The minimum atomic E-state index is -3.11. The van der Waals surface area contributed by atoms with Gasteiger partial charge in [-0.1, -0.05) is 0 Å². The van der Waals surface area contributed by atoms with Crippen LogP contribution in [0.4, 0.5) is 0 Å². The minimum Gasteiger partial charge on any atom is -0.784 e. The molecule has 0 rings (SSSR count). The van der Waals surface area contributed by atoms with E-state index in [4.69, 9.17) is 18.0 Å². The van der Waals surface area contributed by atoms with E-state index in [0.29, 0.717) is 0 Å². The topological polar surface area (TPSA) is 83.4 Å².